The Labute approximate surface area is 240 Å². The smallest absolute Gasteiger partial charge is 0.309 e. The molecule has 0 radical (unpaired) electrons. The standard InChI is InChI=1S/C32H37N3O6/c1-3-4-14-35(24-7-5-6-21(15-24)17-33)29(36)19-34-18-26(23-10-13-27-28(16-23)41-20-40-27)30(32(37)38)31(34)22-8-11-25(39-2)12-9-22/h5-13,15-16,26,30-31H,3-4,14,17-20,33H2,1-2H3,(H,37,38)/t26?,30-,31+/m0/s1. The van der Waals surface area contributed by atoms with Gasteiger partial charge in [-0.15, -0.1) is 0 Å². The SMILES string of the molecule is CCCCN(C(=O)CN1CC(c2ccc3c(c2)OCO3)[C@H](C(=O)O)[C@H]1c1ccc(OC)cc1)c1cccc(CN)c1. The molecule has 9 nitrogen and oxygen atoms in total. The lowest BCUT2D eigenvalue weighted by atomic mass is 9.82. The van der Waals surface area contributed by atoms with Gasteiger partial charge in [-0.2, -0.15) is 0 Å². The average Bonchev–Trinajstić information content (AvgIpc) is 3.62. The van der Waals surface area contributed by atoms with Gasteiger partial charge in [-0.1, -0.05) is 43.7 Å². The van der Waals surface area contributed by atoms with E-state index in [-0.39, 0.29) is 25.2 Å². The molecule has 2 aliphatic rings. The Balaban J connectivity index is 1.51. The maximum absolute atomic E-state index is 14.0. The zero-order chi connectivity index (χ0) is 28.9. The molecule has 3 aromatic carbocycles. The van der Waals surface area contributed by atoms with E-state index in [1.807, 2.05) is 71.6 Å². The van der Waals surface area contributed by atoms with Gasteiger partial charge in [-0.3, -0.25) is 14.5 Å². The number of aliphatic carboxylic acids is 1. The second-order valence-electron chi connectivity index (χ2n) is 10.5. The van der Waals surface area contributed by atoms with Crippen molar-refractivity contribution in [3.05, 3.63) is 83.4 Å². The van der Waals surface area contributed by atoms with Crippen molar-refractivity contribution in [1.82, 2.24) is 4.90 Å². The minimum absolute atomic E-state index is 0.0676. The number of fused-ring (bicyclic) bond motifs is 1. The molecular weight excluding hydrogens is 522 g/mol. The Morgan fingerprint density at radius 1 is 1.05 bits per heavy atom. The van der Waals surface area contributed by atoms with Crippen molar-refractivity contribution in [3.8, 4) is 17.2 Å². The van der Waals surface area contributed by atoms with Crippen LogP contribution in [0.4, 0.5) is 5.69 Å². The van der Waals surface area contributed by atoms with Gasteiger partial charge < -0.3 is 30.0 Å². The molecule has 3 aromatic rings. The molecule has 5 rings (SSSR count). The second-order valence-corrected chi connectivity index (χ2v) is 10.5. The van der Waals surface area contributed by atoms with Crippen molar-refractivity contribution in [2.45, 2.75) is 38.3 Å². The van der Waals surface area contributed by atoms with Gasteiger partial charge in [0.1, 0.15) is 5.75 Å². The zero-order valence-corrected chi connectivity index (χ0v) is 23.5. The lowest BCUT2D eigenvalue weighted by molar-refractivity contribution is -0.143. The summed E-state index contributed by atoms with van der Waals surface area (Å²) in [7, 11) is 1.59. The van der Waals surface area contributed by atoms with Gasteiger partial charge in [0.15, 0.2) is 11.5 Å². The predicted octanol–water partition coefficient (Wildman–Crippen LogP) is 4.56. The Morgan fingerprint density at radius 3 is 2.51 bits per heavy atom. The van der Waals surface area contributed by atoms with Gasteiger partial charge in [-0.05, 0) is 59.5 Å². The van der Waals surface area contributed by atoms with Crippen LogP contribution in [0.3, 0.4) is 0 Å². The molecule has 3 atom stereocenters. The van der Waals surface area contributed by atoms with Crippen molar-refractivity contribution < 1.29 is 28.9 Å². The minimum atomic E-state index is -0.915. The monoisotopic (exact) mass is 559 g/mol. The van der Waals surface area contributed by atoms with E-state index < -0.39 is 17.9 Å². The fraction of sp³-hybridized carbons (Fsp3) is 0.375. The Bertz CT molecular complexity index is 1380. The number of carbonyl (C=O) groups is 2. The van der Waals surface area contributed by atoms with E-state index in [9.17, 15) is 14.7 Å². The minimum Gasteiger partial charge on any atom is -0.497 e. The number of nitrogens with two attached hydrogens (primary N) is 1. The summed E-state index contributed by atoms with van der Waals surface area (Å²) in [4.78, 5) is 30.7. The summed E-state index contributed by atoms with van der Waals surface area (Å²) in [5.41, 5.74) is 9.29. The summed E-state index contributed by atoms with van der Waals surface area (Å²) >= 11 is 0. The molecule has 0 bridgehead atoms. The predicted molar refractivity (Wildman–Crippen MR) is 155 cm³/mol. The number of carboxylic acids is 1. The van der Waals surface area contributed by atoms with Gasteiger partial charge >= 0.3 is 5.97 Å². The molecule has 0 aliphatic carbocycles. The first kappa shape index (κ1) is 28.4. The molecule has 1 unspecified atom stereocenters. The molecule has 2 aliphatic heterocycles. The number of likely N-dealkylation sites (tertiary alicyclic amines) is 1. The van der Waals surface area contributed by atoms with Crippen LogP contribution in [0, 0.1) is 5.92 Å². The Kier molecular flexibility index (Phi) is 8.75. The normalized spacial score (nSPS) is 19.7. The van der Waals surface area contributed by atoms with Gasteiger partial charge in [0.25, 0.3) is 0 Å². The van der Waals surface area contributed by atoms with Crippen molar-refractivity contribution in [1.29, 1.82) is 0 Å². The number of unbranched alkanes of at least 4 members (excludes halogenated alkanes) is 1. The van der Waals surface area contributed by atoms with E-state index in [4.69, 9.17) is 19.9 Å². The first-order valence-electron chi connectivity index (χ1n) is 14.0. The number of ether oxygens (including phenoxy) is 3. The molecule has 2 heterocycles. The van der Waals surface area contributed by atoms with Gasteiger partial charge in [0, 0.05) is 37.3 Å². The summed E-state index contributed by atoms with van der Waals surface area (Å²) in [6.45, 7) is 3.64. The van der Waals surface area contributed by atoms with Crippen molar-refractivity contribution in [2.24, 2.45) is 11.7 Å². The van der Waals surface area contributed by atoms with Crippen LogP contribution in [0.15, 0.2) is 66.7 Å². The summed E-state index contributed by atoms with van der Waals surface area (Å²) in [5.74, 6) is -0.230. The van der Waals surface area contributed by atoms with Crippen LogP contribution in [0.2, 0.25) is 0 Å². The summed E-state index contributed by atoms with van der Waals surface area (Å²) in [5, 5.41) is 10.6. The van der Waals surface area contributed by atoms with E-state index in [1.165, 1.54) is 0 Å². The first-order chi connectivity index (χ1) is 19.9. The molecule has 0 spiro atoms. The Hall–Kier alpha value is -4.08. The highest BCUT2D eigenvalue weighted by molar-refractivity contribution is 5.95. The van der Waals surface area contributed by atoms with Crippen LogP contribution in [0.1, 0.15) is 48.4 Å². The molecule has 1 saturated heterocycles. The largest absolute Gasteiger partial charge is 0.497 e. The van der Waals surface area contributed by atoms with Gasteiger partial charge in [-0.25, -0.2) is 0 Å². The number of anilines is 1. The molecule has 216 valence electrons. The highest BCUT2D eigenvalue weighted by atomic mass is 16.7. The fourth-order valence-corrected chi connectivity index (χ4v) is 5.90. The number of carbonyl (C=O) groups excluding carboxylic acids is 1. The summed E-state index contributed by atoms with van der Waals surface area (Å²) in [6, 6.07) is 20.2. The molecule has 3 N–H and O–H groups in total. The maximum atomic E-state index is 14.0. The zero-order valence-electron chi connectivity index (χ0n) is 23.5. The molecule has 0 saturated carbocycles. The number of benzene rings is 3. The van der Waals surface area contributed by atoms with E-state index in [2.05, 4.69) is 6.92 Å². The van der Waals surface area contributed by atoms with Crippen molar-refractivity contribution >= 4 is 17.6 Å². The average molecular weight is 560 g/mol. The molecule has 0 aromatic heterocycles. The van der Waals surface area contributed by atoms with Crippen LogP contribution in [-0.4, -0.2) is 55.4 Å². The van der Waals surface area contributed by atoms with E-state index in [0.29, 0.717) is 36.9 Å². The lowest BCUT2D eigenvalue weighted by Gasteiger charge is -2.30. The number of hydrogen-bond acceptors (Lipinski definition) is 7. The number of hydrogen-bond donors (Lipinski definition) is 2. The third kappa shape index (κ3) is 6.01. The summed E-state index contributed by atoms with van der Waals surface area (Å²) in [6.07, 6.45) is 1.78. The first-order valence-corrected chi connectivity index (χ1v) is 14.0. The van der Waals surface area contributed by atoms with Crippen LogP contribution in [-0.2, 0) is 16.1 Å². The van der Waals surface area contributed by atoms with E-state index in [1.54, 1.807) is 12.0 Å². The maximum Gasteiger partial charge on any atom is 0.309 e. The molecule has 1 amide bonds. The number of nitrogens with zero attached hydrogens (tertiary/aromatic N) is 2. The summed E-state index contributed by atoms with van der Waals surface area (Å²) < 4.78 is 16.4. The number of methoxy groups -OCH3 is 1. The van der Waals surface area contributed by atoms with Crippen LogP contribution < -0.4 is 24.8 Å². The third-order valence-electron chi connectivity index (χ3n) is 8.00. The molecule has 1 fully saturated rings. The van der Waals surface area contributed by atoms with Crippen LogP contribution in [0.25, 0.3) is 0 Å². The quantitative estimate of drug-likeness (QED) is 0.352. The fourth-order valence-electron chi connectivity index (χ4n) is 5.90. The van der Waals surface area contributed by atoms with Gasteiger partial charge in [0.05, 0.1) is 19.6 Å². The van der Waals surface area contributed by atoms with Crippen LogP contribution >= 0.6 is 0 Å². The van der Waals surface area contributed by atoms with Crippen molar-refractivity contribution in [3.63, 3.8) is 0 Å². The van der Waals surface area contributed by atoms with Crippen LogP contribution in [0.5, 0.6) is 17.2 Å². The number of rotatable bonds is 11. The molecular formula is C32H37N3O6. The van der Waals surface area contributed by atoms with Gasteiger partial charge in [0.2, 0.25) is 12.7 Å². The Morgan fingerprint density at radius 2 is 1.80 bits per heavy atom. The molecule has 41 heavy (non-hydrogen) atoms. The second kappa shape index (κ2) is 12.6. The van der Waals surface area contributed by atoms with Crippen molar-refractivity contribution in [2.75, 3.05) is 38.4 Å². The number of carboxylic acid groups (broad SMARTS) is 1. The number of amides is 1. The van der Waals surface area contributed by atoms with E-state index in [0.717, 1.165) is 35.2 Å². The highest BCUT2D eigenvalue weighted by Crippen LogP contribution is 2.48. The molecule has 9 heteroatoms. The lowest BCUT2D eigenvalue weighted by Crippen LogP contribution is -2.41. The van der Waals surface area contributed by atoms with E-state index >= 15 is 0 Å². The highest BCUT2D eigenvalue weighted by Gasteiger charge is 2.48. The third-order valence-corrected chi connectivity index (χ3v) is 8.00. The topological polar surface area (TPSA) is 115 Å².